The van der Waals surface area contributed by atoms with Crippen LogP contribution in [-0.2, 0) is 17.7 Å². The van der Waals surface area contributed by atoms with Crippen LogP contribution in [0.5, 0.6) is 5.75 Å². The molecule has 1 N–H and O–H groups in total. The van der Waals surface area contributed by atoms with E-state index >= 15 is 0 Å². The average molecular weight is 394 g/mol. The predicted molar refractivity (Wildman–Crippen MR) is 110 cm³/mol. The summed E-state index contributed by atoms with van der Waals surface area (Å²) >= 11 is 0. The molecule has 0 radical (unpaired) electrons. The van der Waals surface area contributed by atoms with E-state index in [-0.39, 0.29) is 5.91 Å². The highest BCUT2D eigenvalue weighted by Gasteiger charge is 2.25. The minimum absolute atomic E-state index is 0.0263. The van der Waals surface area contributed by atoms with Gasteiger partial charge in [-0.1, -0.05) is 18.2 Å². The number of rotatable bonds is 7. The molecule has 1 saturated heterocycles. The third-order valence-electron chi connectivity index (χ3n) is 5.15. The fourth-order valence-corrected chi connectivity index (χ4v) is 3.57. The summed E-state index contributed by atoms with van der Waals surface area (Å²) in [5.74, 6) is 0.837. The van der Waals surface area contributed by atoms with E-state index in [0.717, 1.165) is 30.1 Å². The predicted octanol–water partition coefficient (Wildman–Crippen LogP) is 2.15. The molecule has 1 aliphatic heterocycles. The normalized spacial score (nSPS) is 14.3. The lowest BCUT2D eigenvalue weighted by Gasteiger charge is -2.26. The number of aromatic nitrogens is 2. The van der Waals surface area contributed by atoms with Gasteiger partial charge in [-0.15, -0.1) is 0 Å². The van der Waals surface area contributed by atoms with Crippen molar-refractivity contribution in [3.05, 3.63) is 65.6 Å². The number of hydrogen-bond acceptors (Lipinski definition) is 5. The van der Waals surface area contributed by atoms with E-state index in [1.165, 1.54) is 5.56 Å². The van der Waals surface area contributed by atoms with Crippen LogP contribution in [0.4, 0.5) is 0 Å². The molecular weight excluding hydrogens is 368 g/mol. The highest BCUT2D eigenvalue weighted by Crippen LogP contribution is 2.16. The quantitative estimate of drug-likeness (QED) is 0.622. The molecule has 152 valence electrons. The molecule has 3 aromatic rings. The number of hydrogen-bond donors (Lipinski definition) is 1. The smallest absolute Gasteiger partial charge is 0.274 e. The van der Waals surface area contributed by atoms with Crippen molar-refractivity contribution in [2.75, 3.05) is 40.0 Å². The van der Waals surface area contributed by atoms with Crippen molar-refractivity contribution in [1.82, 2.24) is 19.6 Å². The first-order valence-corrected chi connectivity index (χ1v) is 9.93. The van der Waals surface area contributed by atoms with E-state index in [1.54, 1.807) is 7.11 Å². The molecule has 0 atom stereocenters. The number of imidazole rings is 1. The molecule has 0 spiro atoms. The van der Waals surface area contributed by atoms with Gasteiger partial charge in [-0.05, 0) is 42.8 Å². The van der Waals surface area contributed by atoms with Gasteiger partial charge in [0.05, 0.1) is 26.0 Å². The number of carbonyl (C=O) groups excluding carboxylic acids is 1. The molecule has 2 aromatic heterocycles. The van der Waals surface area contributed by atoms with E-state index in [1.807, 2.05) is 51.9 Å². The topological polar surface area (TPSA) is 68.1 Å². The monoisotopic (exact) mass is 394 g/mol. The Morgan fingerprint density at radius 2 is 2.07 bits per heavy atom. The van der Waals surface area contributed by atoms with Crippen molar-refractivity contribution in [2.45, 2.75) is 13.0 Å². The molecular formula is C22H26N4O3. The molecule has 0 saturated carbocycles. The Hall–Kier alpha value is -2.90. The van der Waals surface area contributed by atoms with Gasteiger partial charge in [0.1, 0.15) is 11.4 Å². The molecule has 0 unspecified atom stereocenters. The number of nitrogens with zero attached hydrogens (tertiary/aromatic N) is 3. The van der Waals surface area contributed by atoms with Gasteiger partial charge in [-0.25, -0.2) is 4.98 Å². The van der Waals surface area contributed by atoms with Gasteiger partial charge in [0, 0.05) is 25.8 Å². The van der Waals surface area contributed by atoms with Crippen molar-refractivity contribution in [3.8, 4) is 5.75 Å². The van der Waals surface area contributed by atoms with Crippen molar-refractivity contribution in [1.29, 1.82) is 0 Å². The minimum atomic E-state index is -0.0263. The van der Waals surface area contributed by atoms with Crippen LogP contribution in [0.2, 0.25) is 0 Å². The lowest BCUT2D eigenvalue weighted by atomic mass is 10.1. The van der Waals surface area contributed by atoms with Gasteiger partial charge in [-0.2, -0.15) is 0 Å². The van der Waals surface area contributed by atoms with Crippen molar-refractivity contribution in [2.24, 2.45) is 0 Å². The molecule has 1 fully saturated rings. The maximum atomic E-state index is 13.1. The third-order valence-corrected chi connectivity index (χ3v) is 5.15. The van der Waals surface area contributed by atoms with E-state index < -0.39 is 0 Å². The Balaban J connectivity index is 1.47. The number of nitrogens with one attached hydrogen (secondary N) is 1. The number of methoxy groups -OCH3 is 1. The van der Waals surface area contributed by atoms with Crippen LogP contribution in [0.15, 0.2) is 48.7 Å². The van der Waals surface area contributed by atoms with Crippen LogP contribution in [0.25, 0.3) is 5.65 Å². The molecule has 29 heavy (non-hydrogen) atoms. The standard InChI is InChI=1S/C22H26N4O3/c1-28-18-6-4-5-17(15-18)8-9-23-16-19-21(22(27)25-11-13-29-14-12-25)24-20-7-2-3-10-26(19)20/h2-7,10,15,23H,8-9,11-14,16H2,1H3. The molecule has 3 heterocycles. The Morgan fingerprint density at radius 3 is 2.90 bits per heavy atom. The maximum absolute atomic E-state index is 13.1. The maximum Gasteiger partial charge on any atom is 0.274 e. The van der Waals surface area contributed by atoms with Crippen molar-refractivity contribution < 1.29 is 14.3 Å². The zero-order valence-corrected chi connectivity index (χ0v) is 16.6. The first-order valence-electron chi connectivity index (χ1n) is 9.93. The summed E-state index contributed by atoms with van der Waals surface area (Å²) < 4.78 is 12.6. The Kier molecular flexibility index (Phi) is 6.07. The molecule has 1 aliphatic rings. The van der Waals surface area contributed by atoms with Crippen LogP contribution in [0.1, 0.15) is 21.7 Å². The molecule has 4 rings (SSSR count). The lowest BCUT2D eigenvalue weighted by Crippen LogP contribution is -2.41. The van der Waals surface area contributed by atoms with Gasteiger partial charge < -0.3 is 24.1 Å². The third kappa shape index (κ3) is 4.41. The fraction of sp³-hybridized carbons (Fsp3) is 0.364. The largest absolute Gasteiger partial charge is 0.497 e. The molecule has 0 aliphatic carbocycles. The SMILES string of the molecule is COc1cccc(CCNCc2c(C(=O)N3CCOCC3)nc3ccccn23)c1. The summed E-state index contributed by atoms with van der Waals surface area (Å²) in [6.07, 6.45) is 2.83. The van der Waals surface area contributed by atoms with Crippen LogP contribution < -0.4 is 10.1 Å². The number of fused-ring (bicyclic) bond motifs is 1. The van der Waals surface area contributed by atoms with E-state index in [2.05, 4.69) is 16.4 Å². The molecule has 7 heteroatoms. The van der Waals surface area contributed by atoms with E-state index in [0.29, 0.717) is 38.5 Å². The zero-order valence-electron chi connectivity index (χ0n) is 16.6. The number of amides is 1. The van der Waals surface area contributed by atoms with E-state index in [9.17, 15) is 4.79 Å². The number of ether oxygens (including phenoxy) is 2. The second-order valence-electron chi connectivity index (χ2n) is 7.02. The second-order valence-corrected chi connectivity index (χ2v) is 7.02. The Labute approximate surface area is 170 Å². The van der Waals surface area contributed by atoms with Crippen LogP contribution in [-0.4, -0.2) is 60.1 Å². The summed E-state index contributed by atoms with van der Waals surface area (Å²) in [4.78, 5) is 19.5. The fourth-order valence-electron chi connectivity index (χ4n) is 3.57. The summed E-state index contributed by atoms with van der Waals surface area (Å²) in [6.45, 7) is 3.73. The summed E-state index contributed by atoms with van der Waals surface area (Å²) in [5.41, 5.74) is 3.41. The van der Waals surface area contributed by atoms with Crippen molar-refractivity contribution in [3.63, 3.8) is 0 Å². The highest BCUT2D eigenvalue weighted by molar-refractivity contribution is 5.94. The number of carbonyl (C=O) groups is 1. The van der Waals surface area contributed by atoms with Gasteiger partial charge in [-0.3, -0.25) is 4.79 Å². The summed E-state index contributed by atoms with van der Waals surface area (Å²) in [6, 6.07) is 13.9. The number of pyridine rings is 1. The second kappa shape index (κ2) is 9.07. The minimum Gasteiger partial charge on any atom is -0.497 e. The molecule has 1 amide bonds. The van der Waals surface area contributed by atoms with Crippen LogP contribution in [0.3, 0.4) is 0 Å². The molecule has 0 bridgehead atoms. The van der Waals surface area contributed by atoms with Crippen LogP contribution in [0, 0.1) is 0 Å². The highest BCUT2D eigenvalue weighted by atomic mass is 16.5. The average Bonchev–Trinajstić information content (AvgIpc) is 3.15. The summed E-state index contributed by atoms with van der Waals surface area (Å²) in [5, 5.41) is 3.47. The van der Waals surface area contributed by atoms with Crippen LogP contribution >= 0.6 is 0 Å². The van der Waals surface area contributed by atoms with Gasteiger partial charge in [0.15, 0.2) is 5.69 Å². The van der Waals surface area contributed by atoms with Gasteiger partial charge >= 0.3 is 0 Å². The van der Waals surface area contributed by atoms with Crippen molar-refractivity contribution >= 4 is 11.6 Å². The molecule has 1 aromatic carbocycles. The molecule has 7 nitrogen and oxygen atoms in total. The summed E-state index contributed by atoms with van der Waals surface area (Å²) in [7, 11) is 1.68. The lowest BCUT2D eigenvalue weighted by molar-refractivity contribution is 0.0298. The number of benzene rings is 1. The van der Waals surface area contributed by atoms with Gasteiger partial charge in [0.25, 0.3) is 5.91 Å². The Bertz CT molecular complexity index is 979. The Morgan fingerprint density at radius 1 is 1.21 bits per heavy atom. The van der Waals surface area contributed by atoms with Gasteiger partial charge in [0.2, 0.25) is 0 Å². The first-order chi connectivity index (χ1) is 14.3. The van der Waals surface area contributed by atoms with E-state index in [4.69, 9.17) is 9.47 Å². The first kappa shape index (κ1) is 19.4. The number of morpholine rings is 1. The zero-order chi connectivity index (χ0) is 20.1.